The standard InChI is InChI=1S/C12H16F4O4/c1-11(2,3)7(5-12(15,16)10(13)14)6(9(19)20)4-8(17)18/h10H,4-5H2,1-3H3,(H,17,18)(H,19,20). The van der Waals surface area contributed by atoms with Gasteiger partial charge in [0.25, 0.3) is 0 Å². The van der Waals surface area contributed by atoms with Gasteiger partial charge < -0.3 is 10.2 Å². The monoisotopic (exact) mass is 300 g/mol. The van der Waals surface area contributed by atoms with Crippen molar-refractivity contribution < 1.29 is 37.4 Å². The van der Waals surface area contributed by atoms with Crippen LogP contribution in [-0.4, -0.2) is 34.5 Å². The summed E-state index contributed by atoms with van der Waals surface area (Å²) < 4.78 is 50.8. The number of aliphatic carboxylic acids is 2. The van der Waals surface area contributed by atoms with Crippen molar-refractivity contribution in [3.05, 3.63) is 11.1 Å². The third-order valence-electron chi connectivity index (χ3n) is 2.59. The predicted octanol–water partition coefficient (Wildman–Crippen LogP) is 3.18. The molecule has 0 aliphatic rings. The van der Waals surface area contributed by atoms with Crippen molar-refractivity contribution in [2.45, 2.75) is 46.0 Å². The number of carbonyl (C=O) groups is 2. The first-order valence-electron chi connectivity index (χ1n) is 5.62. The second kappa shape index (κ2) is 6.23. The molecule has 4 nitrogen and oxygen atoms in total. The molecule has 0 spiro atoms. The Morgan fingerprint density at radius 2 is 1.55 bits per heavy atom. The molecule has 0 aromatic carbocycles. The third kappa shape index (κ3) is 5.18. The van der Waals surface area contributed by atoms with Crippen molar-refractivity contribution in [3.63, 3.8) is 0 Å². The topological polar surface area (TPSA) is 74.6 Å². The molecule has 8 heteroatoms. The molecule has 116 valence electrons. The first kappa shape index (κ1) is 18.4. The maximum atomic E-state index is 13.2. The molecule has 20 heavy (non-hydrogen) atoms. The number of carboxylic acids is 2. The lowest BCUT2D eigenvalue weighted by Gasteiger charge is -2.28. The van der Waals surface area contributed by atoms with Gasteiger partial charge in [0.15, 0.2) is 0 Å². The molecule has 0 aliphatic carbocycles. The minimum absolute atomic E-state index is 0.502. The SMILES string of the molecule is CC(C)(C)C(CC(F)(F)C(F)F)=C(CC(=O)O)C(=O)O. The highest BCUT2D eigenvalue weighted by Crippen LogP contribution is 2.40. The number of rotatable bonds is 6. The van der Waals surface area contributed by atoms with Gasteiger partial charge in [-0.1, -0.05) is 20.8 Å². The lowest BCUT2D eigenvalue weighted by Crippen LogP contribution is -2.31. The molecule has 0 heterocycles. The summed E-state index contributed by atoms with van der Waals surface area (Å²) in [6, 6.07) is 0. The lowest BCUT2D eigenvalue weighted by atomic mass is 9.79. The minimum Gasteiger partial charge on any atom is -0.481 e. The fraction of sp³-hybridized carbons (Fsp3) is 0.667. The zero-order chi connectivity index (χ0) is 16.3. The van der Waals surface area contributed by atoms with E-state index in [0.717, 1.165) is 0 Å². The summed E-state index contributed by atoms with van der Waals surface area (Å²) in [6.45, 7) is 4.07. The highest BCUT2D eigenvalue weighted by atomic mass is 19.3. The summed E-state index contributed by atoms with van der Waals surface area (Å²) in [7, 11) is 0. The number of carboxylic acid groups (broad SMARTS) is 2. The maximum absolute atomic E-state index is 13.2. The Morgan fingerprint density at radius 1 is 1.10 bits per heavy atom. The van der Waals surface area contributed by atoms with Gasteiger partial charge in [-0.3, -0.25) is 4.79 Å². The van der Waals surface area contributed by atoms with E-state index in [2.05, 4.69) is 0 Å². The first-order valence-corrected chi connectivity index (χ1v) is 5.62. The summed E-state index contributed by atoms with van der Waals surface area (Å²) in [4.78, 5) is 21.6. The molecule has 0 fully saturated rings. The zero-order valence-electron chi connectivity index (χ0n) is 11.2. The Kier molecular flexibility index (Phi) is 5.73. The molecule has 0 aromatic rings. The molecule has 0 unspecified atom stereocenters. The van der Waals surface area contributed by atoms with Gasteiger partial charge in [0.05, 0.1) is 6.42 Å². The maximum Gasteiger partial charge on any atom is 0.332 e. The number of halogens is 4. The number of hydrogen-bond acceptors (Lipinski definition) is 2. The van der Waals surface area contributed by atoms with Crippen LogP contribution in [-0.2, 0) is 9.59 Å². The van der Waals surface area contributed by atoms with Gasteiger partial charge in [-0.05, 0) is 11.0 Å². The Morgan fingerprint density at radius 3 is 1.80 bits per heavy atom. The first-order chi connectivity index (χ1) is 8.79. The molecule has 0 saturated heterocycles. The zero-order valence-corrected chi connectivity index (χ0v) is 11.2. The van der Waals surface area contributed by atoms with Crippen LogP contribution in [0.25, 0.3) is 0 Å². The van der Waals surface area contributed by atoms with E-state index in [0.29, 0.717) is 0 Å². The van der Waals surface area contributed by atoms with E-state index in [9.17, 15) is 27.2 Å². The van der Waals surface area contributed by atoms with E-state index in [1.54, 1.807) is 0 Å². The van der Waals surface area contributed by atoms with Crippen LogP contribution < -0.4 is 0 Å². The Bertz CT molecular complexity index is 422. The third-order valence-corrected chi connectivity index (χ3v) is 2.59. The quantitative estimate of drug-likeness (QED) is 0.583. The van der Waals surface area contributed by atoms with Crippen LogP contribution in [0.5, 0.6) is 0 Å². The van der Waals surface area contributed by atoms with E-state index in [-0.39, 0.29) is 0 Å². The van der Waals surface area contributed by atoms with Crippen LogP contribution in [0.1, 0.15) is 33.6 Å². The fourth-order valence-electron chi connectivity index (χ4n) is 1.60. The fourth-order valence-corrected chi connectivity index (χ4v) is 1.60. The Balaban J connectivity index is 5.87. The van der Waals surface area contributed by atoms with Gasteiger partial charge in [0, 0.05) is 12.0 Å². The normalized spacial score (nSPS) is 14.2. The molecular weight excluding hydrogens is 284 g/mol. The van der Waals surface area contributed by atoms with Crippen LogP contribution in [0.15, 0.2) is 11.1 Å². The van der Waals surface area contributed by atoms with Crippen LogP contribution in [0.3, 0.4) is 0 Å². The van der Waals surface area contributed by atoms with E-state index >= 15 is 0 Å². The van der Waals surface area contributed by atoms with E-state index < -0.39 is 53.7 Å². The molecular formula is C12H16F4O4. The number of allylic oxidation sites excluding steroid dienone is 1. The van der Waals surface area contributed by atoms with Crippen LogP contribution in [0, 0.1) is 5.41 Å². The second-order valence-corrected chi connectivity index (χ2v) is 5.32. The number of hydrogen-bond donors (Lipinski definition) is 2. The summed E-state index contributed by atoms with van der Waals surface area (Å²) >= 11 is 0. The molecule has 2 N–H and O–H groups in total. The smallest absolute Gasteiger partial charge is 0.332 e. The van der Waals surface area contributed by atoms with Crippen LogP contribution in [0.2, 0.25) is 0 Å². The van der Waals surface area contributed by atoms with Crippen molar-refractivity contribution in [3.8, 4) is 0 Å². The molecule has 0 aromatic heterocycles. The van der Waals surface area contributed by atoms with Crippen LogP contribution in [0.4, 0.5) is 17.6 Å². The summed E-state index contributed by atoms with van der Waals surface area (Å²) in [5.41, 5.74) is -2.47. The van der Waals surface area contributed by atoms with Crippen LogP contribution >= 0.6 is 0 Å². The van der Waals surface area contributed by atoms with Gasteiger partial charge in [-0.2, -0.15) is 8.78 Å². The Labute approximate surface area is 113 Å². The molecule has 0 aliphatic heterocycles. The van der Waals surface area contributed by atoms with E-state index in [1.807, 2.05) is 0 Å². The van der Waals surface area contributed by atoms with E-state index in [4.69, 9.17) is 10.2 Å². The summed E-state index contributed by atoms with van der Waals surface area (Å²) in [5, 5.41) is 17.6. The van der Waals surface area contributed by atoms with Crippen molar-refractivity contribution in [2.24, 2.45) is 5.41 Å². The summed E-state index contributed by atoms with van der Waals surface area (Å²) in [5.74, 6) is -7.66. The van der Waals surface area contributed by atoms with Gasteiger partial charge in [-0.15, -0.1) is 0 Å². The van der Waals surface area contributed by atoms with Crippen molar-refractivity contribution in [2.75, 3.05) is 0 Å². The Hall–Kier alpha value is -1.60. The highest BCUT2D eigenvalue weighted by Gasteiger charge is 2.44. The highest BCUT2D eigenvalue weighted by molar-refractivity contribution is 5.93. The second-order valence-electron chi connectivity index (χ2n) is 5.32. The van der Waals surface area contributed by atoms with Crippen molar-refractivity contribution in [1.29, 1.82) is 0 Å². The largest absolute Gasteiger partial charge is 0.481 e. The average molecular weight is 300 g/mol. The molecule has 0 atom stereocenters. The molecule has 0 saturated carbocycles. The number of alkyl halides is 4. The van der Waals surface area contributed by atoms with Gasteiger partial charge in [0.2, 0.25) is 0 Å². The van der Waals surface area contributed by atoms with Gasteiger partial charge in [-0.25, -0.2) is 13.6 Å². The predicted molar refractivity (Wildman–Crippen MR) is 61.9 cm³/mol. The van der Waals surface area contributed by atoms with Gasteiger partial charge in [0.1, 0.15) is 0 Å². The molecule has 0 rings (SSSR count). The molecule has 0 amide bonds. The minimum atomic E-state index is -4.41. The summed E-state index contributed by atoms with van der Waals surface area (Å²) in [6.07, 6.45) is -6.47. The lowest BCUT2D eigenvalue weighted by molar-refractivity contribution is -0.140. The molecule has 0 bridgehead atoms. The van der Waals surface area contributed by atoms with Crippen molar-refractivity contribution in [1.82, 2.24) is 0 Å². The van der Waals surface area contributed by atoms with E-state index in [1.165, 1.54) is 20.8 Å². The van der Waals surface area contributed by atoms with Crippen molar-refractivity contribution >= 4 is 11.9 Å². The molecule has 0 radical (unpaired) electrons. The van der Waals surface area contributed by atoms with Gasteiger partial charge >= 0.3 is 24.3 Å². The average Bonchev–Trinajstić information content (AvgIpc) is 2.20.